The Bertz CT molecular complexity index is 888. The predicted molar refractivity (Wildman–Crippen MR) is 110 cm³/mol. The zero-order valence-electron chi connectivity index (χ0n) is 16.9. The first kappa shape index (κ1) is 20.3. The molecule has 0 spiro atoms. The molecular weight excluding hydrogens is 376 g/mol. The summed E-state index contributed by atoms with van der Waals surface area (Å²) in [4.78, 5) is 27.2. The van der Waals surface area contributed by atoms with Crippen LogP contribution in [0, 0.1) is 6.92 Å². The quantitative estimate of drug-likeness (QED) is 0.851. The number of aryl methyl sites for hydroxylation is 1. The summed E-state index contributed by atoms with van der Waals surface area (Å²) in [6.07, 6.45) is 1.73. The maximum Gasteiger partial charge on any atom is 0.275 e. The van der Waals surface area contributed by atoms with Gasteiger partial charge in [0, 0.05) is 17.5 Å². The summed E-state index contributed by atoms with van der Waals surface area (Å²) in [5.74, 6) is 1.35. The van der Waals surface area contributed by atoms with Gasteiger partial charge in [0.15, 0.2) is 5.69 Å². The Morgan fingerprint density at radius 3 is 2.71 bits per heavy atom. The second-order valence-corrected chi connectivity index (χ2v) is 8.85. The molecular formula is C20H26N4O3S. The van der Waals surface area contributed by atoms with Crippen molar-refractivity contribution >= 4 is 23.6 Å². The van der Waals surface area contributed by atoms with E-state index in [0.29, 0.717) is 23.1 Å². The van der Waals surface area contributed by atoms with E-state index in [1.807, 2.05) is 45.9 Å². The molecule has 150 valence electrons. The summed E-state index contributed by atoms with van der Waals surface area (Å²) in [5, 5.41) is 7.41. The highest BCUT2D eigenvalue weighted by atomic mass is 32.2. The molecule has 2 amide bonds. The topological polar surface area (TPSA) is 76.5 Å². The van der Waals surface area contributed by atoms with Gasteiger partial charge in [0.25, 0.3) is 5.91 Å². The molecule has 28 heavy (non-hydrogen) atoms. The highest BCUT2D eigenvalue weighted by molar-refractivity contribution is 7.99. The molecule has 1 saturated heterocycles. The minimum Gasteiger partial charge on any atom is -0.494 e. The summed E-state index contributed by atoms with van der Waals surface area (Å²) in [6, 6.07) is 6.96. The van der Waals surface area contributed by atoms with E-state index in [1.54, 1.807) is 40.7 Å². The van der Waals surface area contributed by atoms with E-state index < -0.39 is 6.04 Å². The number of ether oxygens (including phenoxy) is 1. The lowest BCUT2D eigenvalue weighted by molar-refractivity contribution is -0.125. The summed E-state index contributed by atoms with van der Waals surface area (Å²) in [5.41, 5.74) is 1.79. The molecule has 0 saturated carbocycles. The van der Waals surface area contributed by atoms with Crippen LogP contribution < -0.4 is 10.1 Å². The van der Waals surface area contributed by atoms with Gasteiger partial charge >= 0.3 is 0 Å². The first-order valence-electron chi connectivity index (χ1n) is 9.11. The predicted octanol–water partition coefficient (Wildman–Crippen LogP) is 2.62. The van der Waals surface area contributed by atoms with Crippen LogP contribution in [0.4, 0.5) is 0 Å². The van der Waals surface area contributed by atoms with Gasteiger partial charge in [-0.1, -0.05) is 6.07 Å². The SMILES string of the molecule is COc1ccc(C)cc1-n1ccc(C(=O)N2CSCC2C(=O)NC(C)(C)C)n1. The number of rotatable bonds is 4. The van der Waals surface area contributed by atoms with Crippen LogP contribution in [-0.4, -0.2) is 56.8 Å². The maximum absolute atomic E-state index is 13.0. The lowest BCUT2D eigenvalue weighted by Gasteiger charge is -2.27. The standard InChI is InChI=1S/C20H26N4O3S/c1-13-6-7-17(27-5)15(10-13)24-9-8-14(22-24)19(26)23-12-28-11-16(23)18(25)21-20(2,3)4/h6-10,16H,11-12H2,1-5H3,(H,21,25). The van der Waals surface area contributed by atoms with Crippen molar-refractivity contribution in [3.05, 3.63) is 41.7 Å². The number of nitrogens with zero attached hydrogens (tertiary/aromatic N) is 3. The van der Waals surface area contributed by atoms with Crippen LogP contribution in [0.25, 0.3) is 5.69 Å². The minimum atomic E-state index is -0.490. The van der Waals surface area contributed by atoms with Crippen molar-refractivity contribution in [2.75, 3.05) is 18.7 Å². The van der Waals surface area contributed by atoms with Gasteiger partial charge in [0.05, 0.1) is 13.0 Å². The van der Waals surface area contributed by atoms with Crippen LogP contribution in [0.3, 0.4) is 0 Å². The van der Waals surface area contributed by atoms with E-state index in [0.717, 1.165) is 11.3 Å². The van der Waals surface area contributed by atoms with Crippen molar-refractivity contribution in [1.29, 1.82) is 0 Å². The third-order valence-corrected chi connectivity index (χ3v) is 5.35. The lowest BCUT2D eigenvalue weighted by atomic mass is 10.1. The molecule has 2 aromatic rings. The summed E-state index contributed by atoms with van der Waals surface area (Å²) in [7, 11) is 1.60. The van der Waals surface area contributed by atoms with Crippen LogP contribution >= 0.6 is 11.8 Å². The van der Waals surface area contributed by atoms with Crippen LogP contribution in [0.5, 0.6) is 5.75 Å². The number of nitrogens with one attached hydrogen (secondary N) is 1. The maximum atomic E-state index is 13.0. The third-order valence-electron chi connectivity index (χ3n) is 4.33. The molecule has 0 aliphatic carbocycles. The van der Waals surface area contributed by atoms with Crippen molar-refractivity contribution in [3.8, 4) is 11.4 Å². The highest BCUT2D eigenvalue weighted by Gasteiger charge is 2.37. The number of thioether (sulfide) groups is 1. The first-order valence-corrected chi connectivity index (χ1v) is 10.3. The van der Waals surface area contributed by atoms with E-state index in [1.165, 1.54) is 0 Å². The van der Waals surface area contributed by atoms with Crippen LogP contribution in [0.2, 0.25) is 0 Å². The van der Waals surface area contributed by atoms with Gasteiger partial charge < -0.3 is 15.0 Å². The average molecular weight is 403 g/mol. The Labute approximate surface area is 169 Å². The number of carbonyl (C=O) groups excluding carboxylic acids is 2. The molecule has 1 fully saturated rings. The highest BCUT2D eigenvalue weighted by Crippen LogP contribution is 2.26. The normalized spacial score (nSPS) is 16.9. The zero-order valence-corrected chi connectivity index (χ0v) is 17.7. The summed E-state index contributed by atoms with van der Waals surface area (Å²) < 4.78 is 7.04. The van der Waals surface area contributed by atoms with Crippen molar-refractivity contribution in [3.63, 3.8) is 0 Å². The average Bonchev–Trinajstić information content (AvgIpc) is 3.29. The monoisotopic (exact) mass is 402 g/mol. The summed E-state index contributed by atoms with van der Waals surface area (Å²) in [6.45, 7) is 7.76. The number of hydrogen-bond acceptors (Lipinski definition) is 5. The zero-order chi connectivity index (χ0) is 20.5. The van der Waals surface area contributed by atoms with E-state index in [4.69, 9.17) is 4.74 Å². The van der Waals surface area contributed by atoms with Gasteiger partial charge in [0.1, 0.15) is 17.5 Å². The number of carbonyl (C=O) groups is 2. The van der Waals surface area contributed by atoms with E-state index in [9.17, 15) is 9.59 Å². The van der Waals surface area contributed by atoms with Crippen molar-refractivity contribution < 1.29 is 14.3 Å². The van der Waals surface area contributed by atoms with E-state index in [2.05, 4.69) is 10.4 Å². The van der Waals surface area contributed by atoms with Crippen molar-refractivity contribution in [2.24, 2.45) is 0 Å². The molecule has 1 aliphatic heterocycles. The number of hydrogen-bond donors (Lipinski definition) is 1. The molecule has 0 bridgehead atoms. The third kappa shape index (κ3) is 4.32. The molecule has 1 aliphatic rings. The van der Waals surface area contributed by atoms with Crippen LogP contribution in [0.1, 0.15) is 36.8 Å². The molecule has 3 rings (SSSR count). The second kappa shape index (κ2) is 7.87. The molecule has 1 atom stereocenters. The van der Waals surface area contributed by atoms with Crippen LogP contribution in [-0.2, 0) is 4.79 Å². The van der Waals surface area contributed by atoms with Gasteiger partial charge in [-0.15, -0.1) is 11.8 Å². The Kier molecular flexibility index (Phi) is 5.69. The number of benzene rings is 1. The smallest absolute Gasteiger partial charge is 0.275 e. The Balaban J connectivity index is 1.82. The molecule has 0 radical (unpaired) electrons. The molecule has 1 aromatic carbocycles. The van der Waals surface area contributed by atoms with Gasteiger partial charge in [-0.2, -0.15) is 5.10 Å². The van der Waals surface area contributed by atoms with Gasteiger partial charge in [0.2, 0.25) is 5.91 Å². The van der Waals surface area contributed by atoms with Gasteiger partial charge in [-0.3, -0.25) is 9.59 Å². The molecule has 1 N–H and O–H groups in total. The molecule has 7 nitrogen and oxygen atoms in total. The number of methoxy groups -OCH3 is 1. The fourth-order valence-corrected chi connectivity index (χ4v) is 4.17. The number of aromatic nitrogens is 2. The van der Waals surface area contributed by atoms with E-state index in [-0.39, 0.29) is 17.4 Å². The lowest BCUT2D eigenvalue weighted by Crippen LogP contribution is -2.52. The Hall–Kier alpha value is -2.48. The van der Waals surface area contributed by atoms with Crippen molar-refractivity contribution in [2.45, 2.75) is 39.3 Å². The fraction of sp³-hybridized carbons (Fsp3) is 0.450. The van der Waals surface area contributed by atoms with Crippen LogP contribution in [0.15, 0.2) is 30.5 Å². The Morgan fingerprint density at radius 2 is 2.04 bits per heavy atom. The second-order valence-electron chi connectivity index (χ2n) is 7.85. The number of amides is 2. The summed E-state index contributed by atoms with van der Waals surface area (Å²) >= 11 is 1.57. The minimum absolute atomic E-state index is 0.134. The molecule has 8 heteroatoms. The van der Waals surface area contributed by atoms with Gasteiger partial charge in [-0.25, -0.2) is 4.68 Å². The van der Waals surface area contributed by atoms with E-state index >= 15 is 0 Å². The fourth-order valence-electron chi connectivity index (χ4n) is 3.01. The largest absolute Gasteiger partial charge is 0.494 e. The Morgan fingerprint density at radius 1 is 1.29 bits per heavy atom. The molecule has 2 heterocycles. The first-order chi connectivity index (χ1) is 13.2. The van der Waals surface area contributed by atoms with Gasteiger partial charge in [-0.05, 0) is 51.5 Å². The molecule has 1 unspecified atom stereocenters. The molecule has 1 aromatic heterocycles. The van der Waals surface area contributed by atoms with Crippen molar-refractivity contribution in [1.82, 2.24) is 20.0 Å².